The van der Waals surface area contributed by atoms with Crippen LogP contribution in [0.4, 0.5) is 0 Å². The summed E-state index contributed by atoms with van der Waals surface area (Å²) < 4.78 is 32.6. The molecule has 4 rings (SSSR count). The van der Waals surface area contributed by atoms with Gasteiger partial charge in [-0.2, -0.15) is 0 Å². The molecule has 3 heterocycles. The quantitative estimate of drug-likeness (QED) is 0.817. The van der Waals surface area contributed by atoms with Gasteiger partial charge in [-0.05, 0) is 37.3 Å². The van der Waals surface area contributed by atoms with E-state index in [0.717, 1.165) is 51.9 Å². The molecule has 1 saturated carbocycles. The standard InChI is InChI=1S/C17H25N3O3S/c21-24(22,16-3-4-16)20-8-5-17(6-9-20)14-19(10-11-23-17)13-15-2-1-7-18-12-15/h1-2,7,12,16H,3-6,8-11,13-14H2. The van der Waals surface area contributed by atoms with Crippen LogP contribution in [0.25, 0.3) is 0 Å². The van der Waals surface area contributed by atoms with Gasteiger partial charge in [0, 0.05) is 45.1 Å². The highest BCUT2D eigenvalue weighted by molar-refractivity contribution is 7.90. The second kappa shape index (κ2) is 6.37. The van der Waals surface area contributed by atoms with Crippen molar-refractivity contribution < 1.29 is 13.2 Å². The highest BCUT2D eigenvalue weighted by atomic mass is 32.2. The first-order chi connectivity index (χ1) is 11.6. The first-order valence-electron chi connectivity index (χ1n) is 8.82. The van der Waals surface area contributed by atoms with Gasteiger partial charge in [0.2, 0.25) is 10.0 Å². The number of hydrogen-bond acceptors (Lipinski definition) is 5. The Labute approximate surface area is 143 Å². The monoisotopic (exact) mass is 351 g/mol. The number of aromatic nitrogens is 1. The lowest BCUT2D eigenvalue weighted by atomic mass is 9.90. The lowest BCUT2D eigenvalue weighted by Crippen LogP contribution is -2.57. The Morgan fingerprint density at radius 1 is 1.25 bits per heavy atom. The molecule has 24 heavy (non-hydrogen) atoms. The third-order valence-electron chi connectivity index (χ3n) is 5.40. The summed E-state index contributed by atoms with van der Waals surface area (Å²) in [6, 6.07) is 4.06. The smallest absolute Gasteiger partial charge is 0.216 e. The van der Waals surface area contributed by atoms with E-state index in [4.69, 9.17) is 4.74 Å². The third kappa shape index (κ3) is 3.35. The van der Waals surface area contributed by atoms with Crippen LogP contribution in [-0.2, 0) is 21.3 Å². The molecule has 0 bridgehead atoms. The van der Waals surface area contributed by atoms with Crippen molar-refractivity contribution in [2.75, 3.05) is 32.8 Å². The molecule has 6 nitrogen and oxygen atoms in total. The van der Waals surface area contributed by atoms with Crippen LogP contribution in [0.3, 0.4) is 0 Å². The minimum absolute atomic E-state index is 0.110. The highest BCUT2D eigenvalue weighted by Gasteiger charge is 2.46. The van der Waals surface area contributed by atoms with Crippen LogP contribution in [0.2, 0.25) is 0 Å². The van der Waals surface area contributed by atoms with Crippen LogP contribution in [0, 0.1) is 0 Å². The first-order valence-corrected chi connectivity index (χ1v) is 10.3. The van der Waals surface area contributed by atoms with E-state index in [0.29, 0.717) is 13.1 Å². The normalized spacial score (nSPS) is 25.8. The van der Waals surface area contributed by atoms with Gasteiger partial charge in [0.15, 0.2) is 0 Å². The SMILES string of the molecule is O=S(=O)(C1CC1)N1CCC2(CC1)CN(Cc1cccnc1)CCO2. The average molecular weight is 351 g/mol. The van der Waals surface area contributed by atoms with Gasteiger partial charge in [-0.1, -0.05) is 6.07 Å². The Bertz CT molecular complexity index is 668. The molecule has 2 saturated heterocycles. The van der Waals surface area contributed by atoms with Crippen LogP contribution in [0.5, 0.6) is 0 Å². The number of hydrogen-bond donors (Lipinski definition) is 0. The number of ether oxygens (including phenoxy) is 1. The Hall–Kier alpha value is -1.02. The van der Waals surface area contributed by atoms with Gasteiger partial charge in [-0.25, -0.2) is 12.7 Å². The Morgan fingerprint density at radius 3 is 2.71 bits per heavy atom. The Morgan fingerprint density at radius 2 is 2.04 bits per heavy atom. The molecule has 0 atom stereocenters. The van der Waals surface area contributed by atoms with Crippen LogP contribution < -0.4 is 0 Å². The summed E-state index contributed by atoms with van der Waals surface area (Å²) in [6.07, 6.45) is 6.96. The first kappa shape index (κ1) is 16.4. The summed E-state index contributed by atoms with van der Waals surface area (Å²) >= 11 is 0. The zero-order valence-electron chi connectivity index (χ0n) is 13.9. The topological polar surface area (TPSA) is 62.7 Å². The minimum atomic E-state index is -3.05. The lowest BCUT2D eigenvalue weighted by Gasteiger charge is -2.47. The number of rotatable bonds is 4. The predicted octanol–water partition coefficient (Wildman–Crippen LogP) is 1.24. The molecule has 0 aromatic carbocycles. The van der Waals surface area contributed by atoms with Crippen LogP contribution in [0.1, 0.15) is 31.2 Å². The second-order valence-corrected chi connectivity index (χ2v) is 9.46. The summed E-state index contributed by atoms with van der Waals surface area (Å²) in [6.45, 7) is 4.58. The summed E-state index contributed by atoms with van der Waals surface area (Å²) in [5, 5.41) is -0.110. The molecule has 0 radical (unpaired) electrons. The van der Waals surface area contributed by atoms with E-state index in [-0.39, 0.29) is 10.9 Å². The number of morpholine rings is 1. The molecular weight excluding hydrogens is 326 g/mol. The summed E-state index contributed by atoms with van der Waals surface area (Å²) in [5.74, 6) is 0. The molecule has 132 valence electrons. The van der Waals surface area contributed by atoms with Crippen molar-refractivity contribution in [3.05, 3.63) is 30.1 Å². The molecule has 1 aliphatic carbocycles. The van der Waals surface area contributed by atoms with Crippen LogP contribution in [-0.4, -0.2) is 66.2 Å². The van der Waals surface area contributed by atoms with Gasteiger partial charge in [0.05, 0.1) is 17.5 Å². The summed E-state index contributed by atoms with van der Waals surface area (Å²) in [7, 11) is -3.05. The van der Waals surface area contributed by atoms with E-state index >= 15 is 0 Å². The largest absolute Gasteiger partial charge is 0.372 e. The molecule has 1 aromatic rings. The number of piperidine rings is 1. The molecule has 3 fully saturated rings. The van der Waals surface area contributed by atoms with Crippen LogP contribution >= 0.6 is 0 Å². The third-order valence-corrected chi connectivity index (χ3v) is 7.79. The Balaban J connectivity index is 1.37. The van der Waals surface area contributed by atoms with E-state index in [1.165, 1.54) is 5.56 Å². The maximum atomic E-state index is 12.4. The molecule has 1 aromatic heterocycles. The van der Waals surface area contributed by atoms with E-state index in [1.54, 1.807) is 10.5 Å². The highest BCUT2D eigenvalue weighted by Crippen LogP contribution is 2.36. The molecule has 2 aliphatic heterocycles. The number of nitrogens with zero attached hydrogens (tertiary/aromatic N) is 3. The van der Waals surface area contributed by atoms with Gasteiger partial charge in [0.1, 0.15) is 0 Å². The van der Waals surface area contributed by atoms with E-state index in [1.807, 2.05) is 12.3 Å². The van der Waals surface area contributed by atoms with Gasteiger partial charge in [-0.15, -0.1) is 0 Å². The molecule has 1 spiro atoms. The van der Waals surface area contributed by atoms with Gasteiger partial charge in [-0.3, -0.25) is 9.88 Å². The average Bonchev–Trinajstić information content (AvgIpc) is 3.42. The minimum Gasteiger partial charge on any atom is -0.372 e. The van der Waals surface area contributed by atoms with Crippen molar-refractivity contribution in [2.24, 2.45) is 0 Å². The molecular formula is C17H25N3O3S. The van der Waals surface area contributed by atoms with Crippen molar-refractivity contribution in [1.29, 1.82) is 0 Å². The number of pyridine rings is 1. The fraction of sp³-hybridized carbons (Fsp3) is 0.706. The van der Waals surface area contributed by atoms with Crippen LogP contribution in [0.15, 0.2) is 24.5 Å². The van der Waals surface area contributed by atoms with Crippen molar-refractivity contribution in [3.63, 3.8) is 0 Å². The van der Waals surface area contributed by atoms with Crippen molar-refractivity contribution in [3.8, 4) is 0 Å². The number of sulfonamides is 1. The zero-order chi connectivity index (χ0) is 16.6. The predicted molar refractivity (Wildman–Crippen MR) is 90.9 cm³/mol. The maximum absolute atomic E-state index is 12.4. The molecule has 7 heteroatoms. The molecule has 0 unspecified atom stereocenters. The van der Waals surface area contributed by atoms with Gasteiger partial charge >= 0.3 is 0 Å². The van der Waals surface area contributed by atoms with Crippen molar-refractivity contribution >= 4 is 10.0 Å². The van der Waals surface area contributed by atoms with E-state index < -0.39 is 10.0 Å². The Kier molecular flexibility index (Phi) is 4.36. The van der Waals surface area contributed by atoms with E-state index in [9.17, 15) is 8.42 Å². The lowest BCUT2D eigenvalue weighted by molar-refractivity contribution is -0.131. The van der Waals surface area contributed by atoms with Gasteiger partial charge in [0.25, 0.3) is 0 Å². The fourth-order valence-electron chi connectivity index (χ4n) is 3.84. The fourth-order valence-corrected chi connectivity index (χ4v) is 5.68. The molecule has 3 aliphatic rings. The van der Waals surface area contributed by atoms with Crippen molar-refractivity contribution in [2.45, 2.75) is 43.1 Å². The van der Waals surface area contributed by atoms with E-state index in [2.05, 4.69) is 16.0 Å². The molecule has 0 amide bonds. The summed E-state index contributed by atoms with van der Waals surface area (Å²) in [5.41, 5.74) is 1.03. The van der Waals surface area contributed by atoms with Gasteiger partial charge < -0.3 is 4.74 Å². The molecule has 0 N–H and O–H groups in total. The maximum Gasteiger partial charge on any atom is 0.216 e. The van der Waals surface area contributed by atoms with Crippen molar-refractivity contribution in [1.82, 2.24) is 14.2 Å². The second-order valence-electron chi connectivity index (χ2n) is 7.25. The summed E-state index contributed by atoms with van der Waals surface area (Å²) in [4.78, 5) is 6.59. The zero-order valence-corrected chi connectivity index (χ0v) is 14.7.